The van der Waals surface area contributed by atoms with Crippen LogP contribution in [-0.2, 0) is 27.3 Å². The second-order valence-electron chi connectivity index (χ2n) is 10.3. The maximum Gasteiger partial charge on any atom is 0.245 e. The van der Waals surface area contributed by atoms with Gasteiger partial charge in [0.2, 0.25) is 17.7 Å². The van der Waals surface area contributed by atoms with Crippen molar-refractivity contribution in [1.29, 1.82) is 0 Å². The molecule has 3 amide bonds. The molecule has 2 heterocycles. The van der Waals surface area contributed by atoms with Crippen LogP contribution in [0.15, 0.2) is 91.1 Å². The summed E-state index contributed by atoms with van der Waals surface area (Å²) in [5, 5.41) is 3.86. The number of piperidine rings is 1. The molecule has 1 aliphatic rings. The zero-order valence-corrected chi connectivity index (χ0v) is 22.6. The van der Waals surface area contributed by atoms with Crippen molar-refractivity contribution in [3.8, 4) is 0 Å². The van der Waals surface area contributed by atoms with Crippen LogP contribution in [0.4, 0.5) is 0 Å². The Morgan fingerprint density at radius 3 is 2.42 bits per heavy atom. The number of hydrogen-bond donors (Lipinski definition) is 3. The van der Waals surface area contributed by atoms with Gasteiger partial charge in [-0.3, -0.25) is 14.4 Å². The predicted octanol–water partition coefficient (Wildman–Crippen LogP) is 3.54. The van der Waals surface area contributed by atoms with Crippen molar-refractivity contribution in [2.75, 3.05) is 13.6 Å². The van der Waals surface area contributed by atoms with E-state index in [4.69, 9.17) is 5.73 Å². The molecule has 4 aromatic rings. The minimum Gasteiger partial charge on any atom is -0.361 e. The summed E-state index contributed by atoms with van der Waals surface area (Å²) in [7, 11) is 1.77. The Hall–Kier alpha value is -4.43. The molecule has 206 valence electrons. The number of carbonyl (C=O) groups is 3. The fourth-order valence-corrected chi connectivity index (χ4v) is 5.74. The van der Waals surface area contributed by atoms with Crippen LogP contribution in [0.2, 0.25) is 0 Å². The summed E-state index contributed by atoms with van der Waals surface area (Å²) in [6, 6.07) is 26.2. The third-order valence-electron chi connectivity index (χ3n) is 7.77. The molecule has 0 saturated carbocycles. The second-order valence-corrected chi connectivity index (χ2v) is 10.3. The Labute approximate surface area is 234 Å². The van der Waals surface area contributed by atoms with Gasteiger partial charge >= 0.3 is 0 Å². The standard InChI is InChI=1S/C32H35N5O3/c1-36(32(40)27(35-29(38)19-33)18-24-20-34-26-15-9-8-14-25(24)26)28-16-17-30(39)37(21-22-10-4-2-5-11-22)31(28)23-12-6-3-7-13-23/h2-15,20,27-28,31,34H,16-19,21,33H2,1H3,(H,35,38)/t27?,28-,31-/m0/s1. The highest BCUT2D eigenvalue weighted by Gasteiger charge is 2.41. The number of hydrogen-bond acceptors (Lipinski definition) is 4. The van der Waals surface area contributed by atoms with Gasteiger partial charge < -0.3 is 25.8 Å². The van der Waals surface area contributed by atoms with Gasteiger partial charge in [-0.1, -0.05) is 78.9 Å². The Morgan fingerprint density at radius 1 is 1.02 bits per heavy atom. The molecule has 0 spiro atoms. The number of fused-ring (bicyclic) bond motifs is 1. The number of rotatable bonds is 9. The fourth-order valence-electron chi connectivity index (χ4n) is 5.74. The van der Waals surface area contributed by atoms with E-state index in [2.05, 4.69) is 10.3 Å². The molecular formula is C32H35N5O3. The van der Waals surface area contributed by atoms with Gasteiger partial charge in [-0.25, -0.2) is 0 Å². The lowest BCUT2D eigenvalue weighted by Gasteiger charge is -2.45. The molecule has 4 N–H and O–H groups in total. The van der Waals surface area contributed by atoms with Crippen LogP contribution < -0.4 is 11.1 Å². The second kappa shape index (κ2) is 12.2. The molecule has 1 aromatic heterocycles. The normalized spacial score (nSPS) is 17.9. The number of nitrogens with zero attached hydrogens (tertiary/aromatic N) is 2. The third kappa shape index (κ3) is 5.77. The van der Waals surface area contributed by atoms with Gasteiger partial charge in [0, 0.05) is 43.5 Å². The van der Waals surface area contributed by atoms with Crippen molar-refractivity contribution in [2.24, 2.45) is 5.73 Å². The van der Waals surface area contributed by atoms with Crippen molar-refractivity contribution in [1.82, 2.24) is 20.1 Å². The van der Waals surface area contributed by atoms with E-state index in [1.165, 1.54) is 0 Å². The van der Waals surface area contributed by atoms with E-state index in [1.807, 2.05) is 96.0 Å². The number of benzene rings is 3. The summed E-state index contributed by atoms with van der Waals surface area (Å²) < 4.78 is 0. The van der Waals surface area contributed by atoms with E-state index < -0.39 is 11.9 Å². The van der Waals surface area contributed by atoms with Gasteiger partial charge in [-0.15, -0.1) is 0 Å². The monoisotopic (exact) mass is 537 g/mol. The van der Waals surface area contributed by atoms with Crippen LogP contribution >= 0.6 is 0 Å². The van der Waals surface area contributed by atoms with E-state index in [-0.39, 0.29) is 30.4 Å². The molecule has 1 saturated heterocycles. The number of aromatic nitrogens is 1. The van der Waals surface area contributed by atoms with Gasteiger partial charge in [0.25, 0.3) is 0 Å². The molecule has 0 radical (unpaired) electrons. The highest BCUT2D eigenvalue weighted by Crippen LogP contribution is 2.36. The average molecular weight is 538 g/mol. The number of aromatic amines is 1. The molecule has 3 atom stereocenters. The predicted molar refractivity (Wildman–Crippen MR) is 155 cm³/mol. The van der Waals surface area contributed by atoms with Crippen molar-refractivity contribution < 1.29 is 14.4 Å². The number of H-pyrrole nitrogens is 1. The largest absolute Gasteiger partial charge is 0.361 e. The molecule has 1 fully saturated rings. The van der Waals surface area contributed by atoms with Crippen molar-refractivity contribution >= 4 is 28.6 Å². The van der Waals surface area contributed by atoms with Crippen LogP contribution in [-0.4, -0.2) is 58.2 Å². The first kappa shape index (κ1) is 27.1. The van der Waals surface area contributed by atoms with Gasteiger partial charge in [0.1, 0.15) is 6.04 Å². The van der Waals surface area contributed by atoms with Crippen LogP contribution in [0, 0.1) is 0 Å². The molecule has 0 bridgehead atoms. The summed E-state index contributed by atoms with van der Waals surface area (Å²) in [6.45, 7) is 0.233. The highest BCUT2D eigenvalue weighted by molar-refractivity contribution is 5.90. The quantitative estimate of drug-likeness (QED) is 0.303. The molecule has 8 heteroatoms. The zero-order valence-electron chi connectivity index (χ0n) is 22.6. The SMILES string of the molecule is CN(C(=O)C(Cc1c[nH]c2ccccc12)NC(=O)CN)[C@H]1CCC(=O)N(Cc2ccccc2)[C@H]1c1ccccc1. The first-order chi connectivity index (χ1) is 19.5. The molecule has 0 aliphatic carbocycles. The minimum atomic E-state index is -0.808. The summed E-state index contributed by atoms with van der Waals surface area (Å²) in [5.41, 5.74) is 9.52. The van der Waals surface area contributed by atoms with E-state index in [9.17, 15) is 14.4 Å². The Kier molecular flexibility index (Phi) is 8.26. The van der Waals surface area contributed by atoms with Crippen molar-refractivity contribution in [3.63, 3.8) is 0 Å². The number of likely N-dealkylation sites (N-methyl/N-ethyl adjacent to an activating group) is 1. The number of amides is 3. The molecule has 3 aromatic carbocycles. The Bertz CT molecular complexity index is 1470. The first-order valence-electron chi connectivity index (χ1n) is 13.7. The van der Waals surface area contributed by atoms with E-state index in [0.29, 0.717) is 25.8 Å². The Balaban J connectivity index is 1.46. The first-order valence-corrected chi connectivity index (χ1v) is 13.7. The van der Waals surface area contributed by atoms with Gasteiger partial charge in [-0.2, -0.15) is 0 Å². The maximum atomic E-state index is 14.1. The number of para-hydroxylation sites is 1. The van der Waals surface area contributed by atoms with Crippen LogP contribution in [0.1, 0.15) is 35.6 Å². The lowest BCUT2D eigenvalue weighted by Crippen LogP contribution is -2.57. The topological polar surface area (TPSA) is 112 Å². The Morgan fingerprint density at radius 2 is 1.70 bits per heavy atom. The molecule has 40 heavy (non-hydrogen) atoms. The molecule has 5 rings (SSSR count). The van der Waals surface area contributed by atoms with E-state index in [0.717, 1.165) is 27.6 Å². The average Bonchev–Trinajstić information content (AvgIpc) is 3.40. The maximum absolute atomic E-state index is 14.1. The molecular weight excluding hydrogens is 502 g/mol. The van der Waals surface area contributed by atoms with Gasteiger partial charge in [-0.05, 0) is 29.2 Å². The van der Waals surface area contributed by atoms with Crippen LogP contribution in [0.5, 0.6) is 0 Å². The molecule has 1 aliphatic heterocycles. The van der Waals surface area contributed by atoms with Gasteiger partial charge in [0.15, 0.2) is 0 Å². The third-order valence-corrected chi connectivity index (χ3v) is 7.77. The van der Waals surface area contributed by atoms with Crippen molar-refractivity contribution in [2.45, 2.75) is 43.9 Å². The summed E-state index contributed by atoms with van der Waals surface area (Å²) in [6.07, 6.45) is 3.05. The lowest BCUT2D eigenvalue weighted by molar-refractivity contribution is -0.147. The number of nitrogens with one attached hydrogen (secondary N) is 2. The molecule has 1 unspecified atom stereocenters. The van der Waals surface area contributed by atoms with E-state index >= 15 is 0 Å². The fraction of sp³-hybridized carbons (Fsp3) is 0.281. The molecule has 8 nitrogen and oxygen atoms in total. The highest BCUT2D eigenvalue weighted by atomic mass is 16.2. The number of nitrogens with two attached hydrogens (primary N) is 1. The van der Waals surface area contributed by atoms with Crippen LogP contribution in [0.25, 0.3) is 10.9 Å². The zero-order chi connectivity index (χ0) is 28.1. The van der Waals surface area contributed by atoms with Crippen LogP contribution in [0.3, 0.4) is 0 Å². The summed E-state index contributed by atoms with van der Waals surface area (Å²) in [5.74, 6) is -0.552. The number of carbonyl (C=O) groups excluding carboxylic acids is 3. The summed E-state index contributed by atoms with van der Waals surface area (Å²) in [4.78, 5) is 46.7. The van der Waals surface area contributed by atoms with E-state index in [1.54, 1.807) is 11.9 Å². The smallest absolute Gasteiger partial charge is 0.245 e. The van der Waals surface area contributed by atoms with Gasteiger partial charge in [0.05, 0.1) is 18.6 Å². The number of likely N-dealkylation sites (tertiary alicyclic amines) is 1. The summed E-state index contributed by atoms with van der Waals surface area (Å²) >= 11 is 0. The van der Waals surface area contributed by atoms with Crippen molar-refractivity contribution in [3.05, 3.63) is 108 Å². The lowest BCUT2D eigenvalue weighted by atomic mass is 9.88. The minimum absolute atomic E-state index is 0.0570.